The van der Waals surface area contributed by atoms with Crippen molar-refractivity contribution in [3.8, 4) is 5.75 Å². The van der Waals surface area contributed by atoms with Gasteiger partial charge < -0.3 is 14.5 Å². The molecule has 1 saturated heterocycles. The Balaban J connectivity index is 1.86. The molecule has 1 aliphatic rings. The number of ether oxygens (including phenoxy) is 1. The molecular weight excluding hydrogens is 266 g/mol. The number of aromatic nitrogens is 1. The Labute approximate surface area is 114 Å². The fourth-order valence-corrected chi connectivity index (χ4v) is 2.37. The fraction of sp³-hybridized carbons (Fsp3) is 0.357. The zero-order chi connectivity index (χ0) is 13.9. The first-order valence-corrected chi connectivity index (χ1v) is 6.46. The third kappa shape index (κ3) is 2.65. The van der Waals surface area contributed by atoms with Gasteiger partial charge in [0.1, 0.15) is 12.1 Å². The maximum atomic E-state index is 13.7. The van der Waals surface area contributed by atoms with Gasteiger partial charge in [-0.2, -0.15) is 0 Å². The van der Waals surface area contributed by atoms with Gasteiger partial charge in [-0.3, -0.25) is 0 Å². The maximum absolute atomic E-state index is 13.7. The van der Waals surface area contributed by atoms with Crippen LogP contribution in [0.5, 0.6) is 5.75 Å². The minimum atomic E-state index is -0.729. The Bertz CT molecular complexity index is 569. The van der Waals surface area contributed by atoms with Crippen molar-refractivity contribution in [2.24, 2.45) is 5.92 Å². The molecule has 4 nitrogen and oxygen atoms in total. The van der Waals surface area contributed by atoms with Gasteiger partial charge in [0, 0.05) is 18.5 Å². The largest absolute Gasteiger partial charge is 0.477 e. The second-order valence-corrected chi connectivity index (χ2v) is 4.74. The lowest BCUT2D eigenvalue weighted by atomic mass is 10.0. The zero-order valence-corrected chi connectivity index (χ0v) is 10.7. The Morgan fingerprint density at radius 3 is 2.95 bits per heavy atom. The third-order valence-corrected chi connectivity index (χ3v) is 3.37. The zero-order valence-electron chi connectivity index (χ0n) is 10.7. The van der Waals surface area contributed by atoms with Crippen LogP contribution in [0.4, 0.5) is 8.78 Å². The Hall–Kier alpha value is -1.95. The molecule has 2 atom stereocenters. The number of benzene rings is 1. The average molecular weight is 280 g/mol. The van der Waals surface area contributed by atoms with Crippen LogP contribution in [0.1, 0.15) is 18.4 Å². The number of oxazole rings is 1. The van der Waals surface area contributed by atoms with Crippen molar-refractivity contribution in [2.75, 3.05) is 13.1 Å². The van der Waals surface area contributed by atoms with Gasteiger partial charge in [-0.25, -0.2) is 13.8 Å². The molecule has 3 rings (SSSR count). The molecule has 1 N–H and O–H groups in total. The van der Waals surface area contributed by atoms with Crippen LogP contribution >= 0.6 is 0 Å². The molecule has 0 aliphatic carbocycles. The molecule has 1 aliphatic heterocycles. The molecule has 0 radical (unpaired) electrons. The predicted octanol–water partition coefficient (Wildman–Crippen LogP) is 2.68. The monoisotopic (exact) mass is 280 g/mol. The van der Waals surface area contributed by atoms with Crippen LogP contribution in [0.3, 0.4) is 0 Å². The van der Waals surface area contributed by atoms with Crippen LogP contribution in [0.15, 0.2) is 35.1 Å². The highest BCUT2D eigenvalue weighted by atomic mass is 19.1. The van der Waals surface area contributed by atoms with E-state index in [9.17, 15) is 8.78 Å². The summed E-state index contributed by atoms with van der Waals surface area (Å²) >= 11 is 0. The summed E-state index contributed by atoms with van der Waals surface area (Å²) in [5.41, 5.74) is 0. The van der Waals surface area contributed by atoms with Crippen LogP contribution in [0.25, 0.3) is 0 Å². The highest BCUT2D eigenvalue weighted by Crippen LogP contribution is 2.32. The quantitative estimate of drug-likeness (QED) is 0.935. The van der Waals surface area contributed by atoms with E-state index in [0.29, 0.717) is 5.89 Å². The first-order valence-electron chi connectivity index (χ1n) is 6.46. The van der Waals surface area contributed by atoms with E-state index in [1.807, 2.05) is 0 Å². The van der Waals surface area contributed by atoms with Gasteiger partial charge >= 0.3 is 0 Å². The molecule has 2 heterocycles. The molecule has 1 fully saturated rings. The molecule has 1 aromatic carbocycles. The van der Waals surface area contributed by atoms with E-state index < -0.39 is 17.7 Å². The standard InChI is InChI=1S/C14H14F2N2O2/c15-10-1-2-12(11(16)7-10)20-13(9-3-4-17-8-9)14-18-5-6-19-14/h1-2,5-7,9,13,17H,3-4,8H2/t9-,13+/m0/s1. The van der Waals surface area contributed by atoms with Crippen molar-refractivity contribution in [2.45, 2.75) is 12.5 Å². The Kier molecular flexibility index (Phi) is 3.64. The van der Waals surface area contributed by atoms with E-state index >= 15 is 0 Å². The minimum absolute atomic E-state index is 0.00139. The summed E-state index contributed by atoms with van der Waals surface area (Å²) in [5, 5.41) is 3.22. The van der Waals surface area contributed by atoms with Crippen molar-refractivity contribution < 1.29 is 17.9 Å². The van der Waals surface area contributed by atoms with Gasteiger partial charge in [0.25, 0.3) is 0 Å². The molecule has 0 amide bonds. The van der Waals surface area contributed by atoms with Crippen LogP contribution < -0.4 is 10.1 Å². The SMILES string of the molecule is Fc1ccc(O[C@@H](c2ncco2)[C@H]2CCNC2)c(F)c1. The van der Waals surface area contributed by atoms with Crippen molar-refractivity contribution in [1.29, 1.82) is 0 Å². The molecule has 6 heteroatoms. The molecule has 0 unspecified atom stereocenters. The van der Waals surface area contributed by atoms with Crippen LogP contribution in [0, 0.1) is 17.6 Å². The molecule has 20 heavy (non-hydrogen) atoms. The second-order valence-electron chi connectivity index (χ2n) is 4.74. The summed E-state index contributed by atoms with van der Waals surface area (Å²) in [6.07, 6.45) is 3.38. The van der Waals surface area contributed by atoms with E-state index in [2.05, 4.69) is 10.3 Å². The van der Waals surface area contributed by atoms with Gasteiger partial charge in [0.2, 0.25) is 5.89 Å². The topological polar surface area (TPSA) is 47.3 Å². The maximum Gasteiger partial charge on any atom is 0.235 e. The van der Waals surface area contributed by atoms with Gasteiger partial charge in [0.05, 0.1) is 6.20 Å². The number of nitrogens with one attached hydrogen (secondary N) is 1. The van der Waals surface area contributed by atoms with E-state index in [4.69, 9.17) is 9.15 Å². The van der Waals surface area contributed by atoms with Crippen molar-refractivity contribution in [3.05, 3.63) is 48.2 Å². The molecule has 2 aromatic rings. The summed E-state index contributed by atoms with van der Waals surface area (Å²) in [6.45, 7) is 1.62. The van der Waals surface area contributed by atoms with Gasteiger partial charge in [-0.05, 0) is 25.1 Å². The number of hydrogen-bond donors (Lipinski definition) is 1. The van der Waals surface area contributed by atoms with Crippen LogP contribution in [-0.2, 0) is 0 Å². The first-order chi connectivity index (χ1) is 9.74. The summed E-state index contributed by atoms with van der Waals surface area (Å²) in [6, 6.07) is 3.25. The molecule has 0 saturated carbocycles. The van der Waals surface area contributed by atoms with Crippen LogP contribution in [0.2, 0.25) is 0 Å². The van der Waals surface area contributed by atoms with Gasteiger partial charge in [-0.1, -0.05) is 0 Å². The minimum Gasteiger partial charge on any atom is -0.477 e. The summed E-state index contributed by atoms with van der Waals surface area (Å²) < 4.78 is 37.6. The summed E-state index contributed by atoms with van der Waals surface area (Å²) in [5.74, 6) is -0.820. The van der Waals surface area contributed by atoms with Gasteiger partial charge in [0.15, 0.2) is 17.7 Å². The Morgan fingerprint density at radius 2 is 2.30 bits per heavy atom. The molecule has 0 spiro atoms. The smallest absolute Gasteiger partial charge is 0.235 e. The number of rotatable bonds is 4. The lowest BCUT2D eigenvalue weighted by Gasteiger charge is -2.21. The van der Waals surface area contributed by atoms with E-state index in [1.54, 1.807) is 0 Å². The summed E-state index contributed by atoms with van der Waals surface area (Å²) in [4.78, 5) is 4.09. The van der Waals surface area contributed by atoms with Crippen molar-refractivity contribution in [3.63, 3.8) is 0 Å². The summed E-state index contributed by atoms with van der Waals surface area (Å²) in [7, 11) is 0. The van der Waals surface area contributed by atoms with E-state index in [-0.39, 0.29) is 11.7 Å². The van der Waals surface area contributed by atoms with Crippen molar-refractivity contribution in [1.82, 2.24) is 10.3 Å². The normalized spacial score (nSPS) is 20.0. The highest BCUT2D eigenvalue weighted by Gasteiger charge is 2.31. The first kappa shape index (κ1) is 13.1. The molecule has 0 bridgehead atoms. The fourth-order valence-electron chi connectivity index (χ4n) is 2.37. The third-order valence-electron chi connectivity index (χ3n) is 3.37. The predicted molar refractivity (Wildman–Crippen MR) is 67.2 cm³/mol. The molecule has 106 valence electrons. The van der Waals surface area contributed by atoms with Crippen molar-refractivity contribution >= 4 is 0 Å². The number of halogens is 2. The lowest BCUT2D eigenvalue weighted by Crippen LogP contribution is -2.22. The lowest BCUT2D eigenvalue weighted by molar-refractivity contribution is 0.109. The Morgan fingerprint density at radius 1 is 1.40 bits per heavy atom. The van der Waals surface area contributed by atoms with E-state index in [1.165, 1.54) is 18.5 Å². The molecular formula is C14H14F2N2O2. The number of nitrogens with zero attached hydrogens (tertiary/aromatic N) is 1. The van der Waals surface area contributed by atoms with Crippen LogP contribution in [-0.4, -0.2) is 18.1 Å². The number of hydrogen-bond acceptors (Lipinski definition) is 4. The van der Waals surface area contributed by atoms with E-state index in [0.717, 1.165) is 31.6 Å². The average Bonchev–Trinajstić information content (AvgIpc) is 3.11. The second kappa shape index (κ2) is 5.58. The van der Waals surface area contributed by atoms with Gasteiger partial charge in [-0.15, -0.1) is 0 Å². The highest BCUT2D eigenvalue weighted by molar-refractivity contribution is 5.25. The molecule has 1 aromatic heterocycles.